The number of nitrogens with one attached hydrogen (secondary N) is 1. The van der Waals surface area contributed by atoms with E-state index in [9.17, 15) is 4.79 Å². The Balaban J connectivity index is 1.88. The number of carbonyl (C=O) groups is 1. The van der Waals surface area contributed by atoms with Crippen molar-refractivity contribution in [1.82, 2.24) is 15.1 Å². The van der Waals surface area contributed by atoms with E-state index in [0.717, 1.165) is 10.6 Å². The molecule has 0 saturated heterocycles. The second kappa shape index (κ2) is 6.56. The summed E-state index contributed by atoms with van der Waals surface area (Å²) in [5.74, 6) is -0.212. The number of halogens is 1. The van der Waals surface area contributed by atoms with Gasteiger partial charge in [0.15, 0.2) is 0 Å². The van der Waals surface area contributed by atoms with Gasteiger partial charge in [-0.25, -0.2) is 4.68 Å². The lowest BCUT2D eigenvalue weighted by Gasteiger charge is -2.12. The van der Waals surface area contributed by atoms with E-state index in [1.54, 1.807) is 22.9 Å². The fourth-order valence-corrected chi connectivity index (χ4v) is 3.47. The highest BCUT2D eigenvalue weighted by atomic mass is 35.5. The van der Waals surface area contributed by atoms with E-state index in [-0.39, 0.29) is 11.9 Å². The van der Waals surface area contributed by atoms with Crippen LogP contribution in [0.1, 0.15) is 33.9 Å². The molecule has 0 saturated carbocycles. The van der Waals surface area contributed by atoms with Gasteiger partial charge in [0.25, 0.3) is 5.91 Å². The molecule has 0 aliphatic carbocycles. The fourth-order valence-electron chi connectivity index (χ4n) is 2.37. The topological polar surface area (TPSA) is 46.9 Å². The first-order chi connectivity index (χ1) is 11.1. The van der Waals surface area contributed by atoms with Crippen LogP contribution in [-0.4, -0.2) is 15.7 Å². The zero-order valence-electron chi connectivity index (χ0n) is 12.8. The maximum absolute atomic E-state index is 12.6. The maximum Gasteiger partial charge on any atom is 0.256 e. The number of rotatable bonds is 4. The number of nitrogens with zero attached hydrogens (tertiary/aromatic N) is 2. The van der Waals surface area contributed by atoms with Crippen LogP contribution in [0.15, 0.2) is 47.8 Å². The van der Waals surface area contributed by atoms with Crippen molar-refractivity contribution in [2.24, 2.45) is 0 Å². The lowest BCUT2D eigenvalue weighted by molar-refractivity contribution is 0.0940. The molecule has 1 amide bonds. The van der Waals surface area contributed by atoms with Crippen LogP contribution < -0.4 is 5.32 Å². The number of hydrogen-bond acceptors (Lipinski definition) is 3. The SMILES string of the molecule is Cc1nn(-c2ccccc2)c(Cl)c1C(=O)NC(C)c1cccs1. The van der Waals surface area contributed by atoms with Gasteiger partial charge < -0.3 is 5.32 Å². The average molecular weight is 346 g/mol. The summed E-state index contributed by atoms with van der Waals surface area (Å²) in [5, 5.41) is 9.69. The Kier molecular flexibility index (Phi) is 4.50. The number of thiophene rings is 1. The molecule has 0 spiro atoms. The van der Waals surface area contributed by atoms with Crippen LogP contribution in [0.3, 0.4) is 0 Å². The molecule has 1 N–H and O–H groups in total. The summed E-state index contributed by atoms with van der Waals surface area (Å²) < 4.78 is 1.58. The molecule has 0 bridgehead atoms. The van der Waals surface area contributed by atoms with Crippen LogP contribution in [0, 0.1) is 6.92 Å². The van der Waals surface area contributed by atoms with Gasteiger partial charge in [-0.2, -0.15) is 5.10 Å². The first-order valence-electron chi connectivity index (χ1n) is 7.22. The van der Waals surface area contributed by atoms with Crippen molar-refractivity contribution in [3.05, 3.63) is 69.1 Å². The van der Waals surface area contributed by atoms with Gasteiger partial charge in [-0.15, -0.1) is 11.3 Å². The minimum absolute atomic E-state index is 0.0713. The highest BCUT2D eigenvalue weighted by molar-refractivity contribution is 7.10. The number of amides is 1. The lowest BCUT2D eigenvalue weighted by Crippen LogP contribution is -2.26. The molecule has 0 aliphatic rings. The number of aryl methyl sites for hydroxylation is 1. The van der Waals surface area contributed by atoms with Crippen molar-refractivity contribution >= 4 is 28.8 Å². The molecule has 23 heavy (non-hydrogen) atoms. The van der Waals surface area contributed by atoms with Gasteiger partial charge in [0.1, 0.15) is 5.15 Å². The second-order valence-corrected chi connectivity index (χ2v) is 6.55. The number of aromatic nitrogens is 2. The van der Waals surface area contributed by atoms with Gasteiger partial charge in [0, 0.05) is 4.88 Å². The molecule has 0 fully saturated rings. The van der Waals surface area contributed by atoms with Gasteiger partial charge >= 0.3 is 0 Å². The van der Waals surface area contributed by atoms with Crippen molar-refractivity contribution in [2.75, 3.05) is 0 Å². The zero-order chi connectivity index (χ0) is 16.4. The van der Waals surface area contributed by atoms with E-state index >= 15 is 0 Å². The van der Waals surface area contributed by atoms with E-state index in [1.807, 2.05) is 54.8 Å². The van der Waals surface area contributed by atoms with Crippen LogP contribution in [0.2, 0.25) is 5.15 Å². The monoisotopic (exact) mass is 345 g/mol. The second-order valence-electron chi connectivity index (χ2n) is 5.21. The predicted octanol–water partition coefficient (Wildman–Crippen LogP) is 4.39. The first kappa shape index (κ1) is 15.8. The zero-order valence-corrected chi connectivity index (χ0v) is 14.4. The summed E-state index contributed by atoms with van der Waals surface area (Å²) >= 11 is 8.02. The number of para-hydroxylation sites is 1. The first-order valence-corrected chi connectivity index (χ1v) is 8.48. The smallest absolute Gasteiger partial charge is 0.256 e. The van der Waals surface area contributed by atoms with E-state index in [4.69, 9.17) is 11.6 Å². The van der Waals surface area contributed by atoms with Gasteiger partial charge in [-0.1, -0.05) is 35.9 Å². The van der Waals surface area contributed by atoms with Gasteiger partial charge in [-0.05, 0) is 37.4 Å². The summed E-state index contributed by atoms with van der Waals surface area (Å²) in [4.78, 5) is 13.7. The average Bonchev–Trinajstić information content (AvgIpc) is 3.16. The fraction of sp³-hybridized carbons (Fsp3) is 0.176. The molecule has 0 aliphatic heterocycles. The number of carbonyl (C=O) groups excluding carboxylic acids is 1. The van der Waals surface area contributed by atoms with Crippen LogP contribution in [0.5, 0.6) is 0 Å². The van der Waals surface area contributed by atoms with E-state index in [2.05, 4.69) is 10.4 Å². The predicted molar refractivity (Wildman–Crippen MR) is 93.5 cm³/mol. The molecule has 4 nitrogen and oxygen atoms in total. The van der Waals surface area contributed by atoms with Crippen LogP contribution in [0.4, 0.5) is 0 Å². The Bertz CT molecular complexity index is 812. The molecule has 118 valence electrons. The molecular formula is C17H16ClN3OS. The standard InChI is InChI=1S/C17H16ClN3OS/c1-11(14-9-6-10-23-14)19-17(22)15-12(2)20-21(16(15)18)13-7-4-3-5-8-13/h3-11H,1-2H3,(H,19,22). The summed E-state index contributed by atoms with van der Waals surface area (Å²) in [5.41, 5.74) is 1.85. The normalized spacial score (nSPS) is 12.1. The van der Waals surface area contributed by atoms with E-state index in [1.165, 1.54) is 0 Å². The molecule has 3 rings (SSSR count). The van der Waals surface area contributed by atoms with Crippen molar-refractivity contribution in [3.8, 4) is 5.69 Å². The van der Waals surface area contributed by atoms with Gasteiger partial charge in [0.2, 0.25) is 0 Å². The largest absolute Gasteiger partial charge is 0.345 e. The summed E-state index contributed by atoms with van der Waals surface area (Å²) in [6, 6.07) is 13.4. The third-order valence-electron chi connectivity index (χ3n) is 3.55. The molecule has 0 radical (unpaired) electrons. The lowest BCUT2D eigenvalue weighted by atomic mass is 10.2. The molecule has 3 aromatic rings. The Morgan fingerprint density at radius 1 is 1.26 bits per heavy atom. The third kappa shape index (κ3) is 3.16. The van der Waals surface area contributed by atoms with Gasteiger partial charge in [-0.3, -0.25) is 4.79 Å². The van der Waals surface area contributed by atoms with E-state index < -0.39 is 0 Å². The number of benzene rings is 1. The molecule has 6 heteroatoms. The Morgan fingerprint density at radius 3 is 2.65 bits per heavy atom. The van der Waals surface area contributed by atoms with Crippen molar-refractivity contribution in [2.45, 2.75) is 19.9 Å². The molecular weight excluding hydrogens is 330 g/mol. The van der Waals surface area contributed by atoms with Crippen molar-refractivity contribution in [1.29, 1.82) is 0 Å². The maximum atomic E-state index is 12.6. The van der Waals surface area contributed by atoms with E-state index in [0.29, 0.717) is 16.4 Å². The molecule has 2 heterocycles. The minimum atomic E-state index is -0.212. The Hall–Kier alpha value is -2.11. The molecule has 2 aromatic heterocycles. The highest BCUT2D eigenvalue weighted by Crippen LogP contribution is 2.25. The van der Waals surface area contributed by atoms with Crippen molar-refractivity contribution in [3.63, 3.8) is 0 Å². The molecule has 1 atom stereocenters. The number of hydrogen-bond donors (Lipinski definition) is 1. The minimum Gasteiger partial charge on any atom is -0.345 e. The Morgan fingerprint density at radius 2 is 2.00 bits per heavy atom. The third-order valence-corrected chi connectivity index (χ3v) is 4.95. The van der Waals surface area contributed by atoms with Crippen molar-refractivity contribution < 1.29 is 4.79 Å². The summed E-state index contributed by atoms with van der Waals surface area (Å²) in [6.45, 7) is 3.74. The highest BCUT2D eigenvalue weighted by Gasteiger charge is 2.22. The van der Waals surface area contributed by atoms with Crippen LogP contribution in [0.25, 0.3) is 5.69 Å². The molecule has 1 aromatic carbocycles. The Labute approximate surface area is 143 Å². The van der Waals surface area contributed by atoms with Crippen LogP contribution >= 0.6 is 22.9 Å². The van der Waals surface area contributed by atoms with Gasteiger partial charge in [0.05, 0.1) is 23.0 Å². The summed E-state index contributed by atoms with van der Waals surface area (Å²) in [7, 11) is 0. The quantitative estimate of drug-likeness (QED) is 0.762. The summed E-state index contributed by atoms with van der Waals surface area (Å²) in [6.07, 6.45) is 0. The molecule has 1 unspecified atom stereocenters. The van der Waals surface area contributed by atoms with Crippen LogP contribution in [-0.2, 0) is 0 Å².